The summed E-state index contributed by atoms with van der Waals surface area (Å²) in [7, 11) is -4.77. The minimum atomic E-state index is -4.77. The summed E-state index contributed by atoms with van der Waals surface area (Å²) in [6.07, 6.45) is 5.56. The van der Waals surface area contributed by atoms with Crippen LogP contribution in [0.3, 0.4) is 0 Å². The Kier molecular flexibility index (Phi) is 11.4. The first-order valence-corrected chi connectivity index (χ1v) is 16.6. The van der Waals surface area contributed by atoms with Crippen LogP contribution in [-0.4, -0.2) is 40.8 Å². The number of aromatic carboxylic acids is 2. The Morgan fingerprint density at radius 1 is 0.489 bits per heavy atom. The molecule has 0 spiro atoms. The number of hydrogen-bond acceptors (Lipinski definition) is 6. The van der Waals surface area contributed by atoms with Gasteiger partial charge >= 0.3 is 11.9 Å². The van der Waals surface area contributed by atoms with Crippen molar-refractivity contribution in [1.29, 1.82) is 0 Å². The van der Waals surface area contributed by atoms with E-state index in [0.717, 1.165) is 61.1 Å². The SMILES string of the molecule is O=C(O)c1ccc(O)c(S(=O)(=O)c2c(O)ccc(C(=O)O)c2CCCCCc2ccccc2)c1CCCCCc1ccccc1. The fraction of sp³-hybridized carbons (Fsp3) is 0.278. The Morgan fingerprint density at radius 2 is 0.844 bits per heavy atom. The zero-order valence-corrected chi connectivity index (χ0v) is 25.8. The monoisotopic (exact) mass is 630 g/mol. The Labute approximate surface area is 263 Å². The highest BCUT2D eigenvalue weighted by atomic mass is 32.2. The number of aromatic hydroxyl groups is 2. The van der Waals surface area contributed by atoms with Crippen LogP contribution in [0.5, 0.6) is 11.5 Å². The number of phenols is 2. The lowest BCUT2D eigenvalue weighted by molar-refractivity contribution is 0.0684. The normalized spacial score (nSPS) is 11.4. The lowest BCUT2D eigenvalue weighted by Gasteiger charge is -2.19. The van der Waals surface area contributed by atoms with Gasteiger partial charge in [0.25, 0.3) is 0 Å². The van der Waals surface area contributed by atoms with Gasteiger partial charge in [0.1, 0.15) is 21.3 Å². The van der Waals surface area contributed by atoms with E-state index in [0.29, 0.717) is 25.7 Å². The number of carbonyl (C=O) groups is 2. The van der Waals surface area contributed by atoms with Gasteiger partial charge in [0, 0.05) is 0 Å². The van der Waals surface area contributed by atoms with E-state index in [-0.39, 0.29) is 35.1 Å². The van der Waals surface area contributed by atoms with Crippen molar-refractivity contribution < 1.29 is 38.4 Å². The molecule has 0 unspecified atom stereocenters. The molecule has 0 bridgehead atoms. The molecule has 8 nitrogen and oxygen atoms in total. The highest BCUT2D eigenvalue weighted by molar-refractivity contribution is 7.91. The highest BCUT2D eigenvalue weighted by Crippen LogP contribution is 2.41. The van der Waals surface area contributed by atoms with Crippen molar-refractivity contribution >= 4 is 21.8 Å². The first-order valence-electron chi connectivity index (χ1n) is 15.1. The molecular weight excluding hydrogens is 592 g/mol. The number of carboxylic acid groups (broad SMARTS) is 2. The van der Waals surface area contributed by atoms with Crippen molar-refractivity contribution in [3.63, 3.8) is 0 Å². The summed E-state index contributed by atoms with van der Waals surface area (Å²) in [6, 6.07) is 24.1. The Morgan fingerprint density at radius 3 is 1.20 bits per heavy atom. The average Bonchev–Trinajstić information content (AvgIpc) is 3.01. The van der Waals surface area contributed by atoms with Crippen molar-refractivity contribution in [2.45, 2.75) is 74.0 Å². The number of unbranched alkanes of at least 4 members (excludes halogenated alkanes) is 4. The molecule has 0 heterocycles. The summed E-state index contributed by atoms with van der Waals surface area (Å²) in [5, 5.41) is 41.7. The second-order valence-electron chi connectivity index (χ2n) is 11.1. The molecule has 4 aromatic carbocycles. The van der Waals surface area contributed by atoms with Gasteiger partial charge in [-0.05, 0) is 97.9 Å². The van der Waals surface area contributed by atoms with Crippen LogP contribution in [-0.2, 0) is 35.5 Å². The minimum absolute atomic E-state index is 0.0492. The van der Waals surface area contributed by atoms with Crippen LogP contribution in [0.1, 0.15) is 81.5 Å². The molecule has 0 fully saturated rings. The van der Waals surface area contributed by atoms with Crippen LogP contribution in [0.25, 0.3) is 0 Å². The van der Waals surface area contributed by atoms with Gasteiger partial charge < -0.3 is 20.4 Å². The van der Waals surface area contributed by atoms with Crippen LogP contribution in [0.2, 0.25) is 0 Å². The standard InChI is InChI=1S/C36H38O8S/c37-31-23-21-29(35(39)40)27(19-11-3-9-17-25-13-5-1-6-14-25)33(31)45(43,44)34-28(30(36(41)42)22-24-32(34)38)20-12-4-10-18-26-15-7-2-8-16-26/h1-2,5-8,13-16,21-24,37-38H,3-4,9-12,17-20H2,(H,39,40)(H,41,42). The maximum Gasteiger partial charge on any atom is 0.336 e. The van der Waals surface area contributed by atoms with E-state index in [1.807, 2.05) is 60.7 Å². The predicted octanol–water partition coefficient (Wildman–Crippen LogP) is 7.24. The number of carboxylic acids is 2. The molecule has 0 atom stereocenters. The number of hydrogen-bond donors (Lipinski definition) is 4. The fourth-order valence-corrected chi connectivity index (χ4v) is 7.70. The maximum atomic E-state index is 14.3. The van der Waals surface area contributed by atoms with Crippen LogP contribution in [0.15, 0.2) is 94.7 Å². The molecule has 0 aliphatic heterocycles. The third-order valence-corrected chi connectivity index (χ3v) is 9.93. The summed E-state index contributed by atoms with van der Waals surface area (Å²) in [6.45, 7) is 0. The van der Waals surface area contributed by atoms with Crippen molar-refractivity contribution in [2.75, 3.05) is 0 Å². The van der Waals surface area contributed by atoms with Gasteiger partial charge in [-0.3, -0.25) is 0 Å². The molecule has 4 rings (SSSR count). The zero-order valence-electron chi connectivity index (χ0n) is 25.0. The Bertz CT molecular complexity index is 1610. The van der Waals surface area contributed by atoms with Gasteiger partial charge in [-0.25, -0.2) is 18.0 Å². The second kappa shape index (κ2) is 15.4. The largest absolute Gasteiger partial charge is 0.507 e. The number of sulfone groups is 1. The van der Waals surface area contributed by atoms with Gasteiger partial charge in [0.2, 0.25) is 9.84 Å². The number of rotatable bonds is 16. The maximum absolute atomic E-state index is 14.3. The van der Waals surface area contributed by atoms with Gasteiger partial charge in [0.15, 0.2) is 0 Å². The first kappa shape index (κ1) is 33.3. The Hall–Kier alpha value is -4.63. The molecule has 236 valence electrons. The average molecular weight is 631 g/mol. The van der Waals surface area contributed by atoms with Gasteiger partial charge in [-0.1, -0.05) is 73.5 Å². The molecule has 0 saturated heterocycles. The smallest absolute Gasteiger partial charge is 0.336 e. The van der Waals surface area contributed by atoms with E-state index in [4.69, 9.17) is 0 Å². The molecule has 4 aromatic rings. The van der Waals surface area contributed by atoms with Crippen molar-refractivity contribution in [3.05, 3.63) is 118 Å². The topological polar surface area (TPSA) is 149 Å². The molecule has 0 aliphatic rings. The zero-order chi connectivity index (χ0) is 32.4. The summed E-state index contributed by atoms with van der Waals surface area (Å²) in [5.41, 5.74) is 1.63. The number of aryl methyl sites for hydroxylation is 2. The third-order valence-electron chi connectivity index (χ3n) is 7.95. The molecule has 45 heavy (non-hydrogen) atoms. The first-order chi connectivity index (χ1) is 21.6. The lowest BCUT2D eigenvalue weighted by Crippen LogP contribution is -2.15. The van der Waals surface area contributed by atoms with E-state index in [1.54, 1.807) is 0 Å². The minimum Gasteiger partial charge on any atom is -0.507 e. The van der Waals surface area contributed by atoms with Gasteiger partial charge in [-0.2, -0.15) is 0 Å². The molecule has 0 amide bonds. The van der Waals surface area contributed by atoms with Crippen molar-refractivity contribution in [1.82, 2.24) is 0 Å². The molecule has 9 heteroatoms. The molecular formula is C36H38O8S. The van der Waals surface area contributed by atoms with Crippen LogP contribution < -0.4 is 0 Å². The second-order valence-corrected chi connectivity index (χ2v) is 12.9. The van der Waals surface area contributed by atoms with Gasteiger partial charge in [-0.15, -0.1) is 0 Å². The van der Waals surface area contributed by atoms with E-state index >= 15 is 0 Å². The van der Waals surface area contributed by atoms with Crippen LogP contribution in [0, 0.1) is 0 Å². The van der Waals surface area contributed by atoms with Crippen molar-refractivity contribution in [2.24, 2.45) is 0 Å². The molecule has 0 radical (unpaired) electrons. The Balaban J connectivity index is 1.64. The summed E-state index contributed by atoms with van der Waals surface area (Å²) >= 11 is 0. The van der Waals surface area contributed by atoms with Crippen LogP contribution in [0.4, 0.5) is 0 Å². The summed E-state index contributed by atoms with van der Waals surface area (Å²) in [5.74, 6) is -4.03. The quantitative estimate of drug-likeness (QED) is 0.0947. The van der Waals surface area contributed by atoms with E-state index < -0.39 is 43.1 Å². The molecule has 4 N–H and O–H groups in total. The van der Waals surface area contributed by atoms with Gasteiger partial charge in [0.05, 0.1) is 11.1 Å². The number of phenolic OH excluding ortho intramolecular Hbond substituents is 2. The molecule has 0 saturated carbocycles. The number of benzene rings is 4. The fourth-order valence-electron chi connectivity index (χ4n) is 5.73. The van der Waals surface area contributed by atoms with E-state index in [2.05, 4.69) is 0 Å². The lowest BCUT2D eigenvalue weighted by atomic mass is 9.99. The van der Waals surface area contributed by atoms with Crippen LogP contribution >= 0.6 is 0 Å². The molecule has 0 aromatic heterocycles. The summed E-state index contributed by atoms with van der Waals surface area (Å²) in [4.78, 5) is 23.2. The third kappa shape index (κ3) is 8.30. The molecule has 0 aliphatic carbocycles. The highest BCUT2D eigenvalue weighted by Gasteiger charge is 2.34. The predicted molar refractivity (Wildman–Crippen MR) is 171 cm³/mol. The van der Waals surface area contributed by atoms with E-state index in [9.17, 15) is 38.4 Å². The van der Waals surface area contributed by atoms with E-state index in [1.165, 1.54) is 0 Å². The van der Waals surface area contributed by atoms with Crippen molar-refractivity contribution in [3.8, 4) is 11.5 Å². The summed E-state index contributed by atoms with van der Waals surface area (Å²) < 4.78 is 28.6.